The Balaban J connectivity index is 2.60. The first-order valence-corrected chi connectivity index (χ1v) is 7.08. The molecule has 2 rings (SSSR count). The molecule has 0 saturated heterocycles. The third kappa shape index (κ3) is 2.13. The quantitative estimate of drug-likeness (QED) is 0.650. The van der Waals surface area contributed by atoms with Gasteiger partial charge in [0.1, 0.15) is 10.1 Å². The molecule has 0 spiro atoms. The number of hydrogen-bond acceptors (Lipinski definition) is 2. The van der Waals surface area contributed by atoms with Gasteiger partial charge in [-0.15, -0.1) is 0 Å². The fraction of sp³-hybridized carbons (Fsp3) is 0.0909. The van der Waals surface area contributed by atoms with Gasteiger partial charge in [0.25, 0.3) is 11.8 Å². The lowest BCUT2D eigenvalue weighted by atomic mass is 10.2. The molecule has 0 aliphatic carbocycles. The highest BCUT2D eigenvalue weighted by atomic mass is 79.9. The molecular weight excluding hydrogens is 409 g/mol. The fourth-order valence-corrected chi connectivity index (χ4v) is 3.69. The highest BCUT2D eigenvalue weighted by molar-refractivity contribution is 9.11. The van der Waals surface area contributed by atoms with E-state index in [0.717, 1.165) is 10.5 Å². The van der Waals surface area contributed by atoms with Crippen molar-refractivity contribution >= 4 is 72.6 Å². The fourth-order valence-electron chi connectivity index (χ4n) is 1.59. The zero-order valence-electron chi connectivity index (χ0n) is 8.93. The summed E-state index contributed by atoms with van der Waals surface area (Å²) >= 11 is 18.0. The Kier molecular flexibility index (Phi) is 3.88. The number of halogens is 4. The van der Waals surface area contributed by atoms with Crippen molar-refractivity contribution in [1.29, 1.82) is 0 Å². The van der Waals surface area contributed by atoms with Crippen molar-refractivity contribution in [3.63, 3.8) is 0 Å². The van der Waals surface area contributed by atoms with Gasteiger partial charge in [0.05, 0.1) is 5.69 Å². The van der Waals surface area contributed by atoms with Crippen molar-refractivity contribution < 1.29 is 9.59 Å². The van der Waals surface area contributed by atoms with Crippen LogP contribution in [0.3, 0.4) is 0 Å². The summed E-state index contributed by atoms with van der Waals surface area (Å²) in [5.74, 6) is -1.26. The lowest BCUT2D eigenvalue weighted by Gasteiger charge is -2.18. The van der Waals surface area contributed by atoms with Gasteiger partial charge >= 0.3 is 0 Å². The van der Waals surface area contributed by atoms with Crippen molar-refractivity contribution in [2.75, 3.05) is 4.90 Å². The minimum Gasteiger partial charge on any atom is -0.267 e. The largest absolute Gasteiger partial charge is 0.278 e. The van der Waals surface area contributed by atoms with Gasteiger partial charge in [0.2, 0.25) is 0 Å². The summed E-state index contributed by atoms with van der Waals surface area (Å²) < 4.78 is 1.21. The van der Waals surface area contributed by atoms with Crippen LogP contribution in [0.15, 0.2) is 31.1 Å². The molecule has 3 nitrogen and oxygen atoms in total. The van der Waals surface area contributed by atoms with Gasteiger partial charge in [0.15, 0.2) is 0 Å². The number of nitrogens with zero attached hydrogens (tertiary/aromatic N) is 1. The molecule has 1 aromatic rings. The van der Waals surface area contributed by atoms with Crippen LogP contribution in [0.4, 0.5) is 5.69 Å². The van der Waals surface area contributed by atoms with Gasteiger partial charge in [-0.05, 0) is 56.5 Å². The highest BCUT2D eigenvalue weighted by Gasteiger charge is 2.39. The van der Waals surface area contributed by atoms with Crippen LogP contribution in [0.5, 0.6) is 0 Å². The molecular formula is C11H5Br2Cl2NO2. The second-order valence-corrected chi connectivity index (χ2v) is 6.12. The van der Waals surface area contributed by atoms with E-state index in [1.807, 2.05) is 6.92 Å². The summed E-state index contributed by atoms with van der Waals surface area (Å²) in [5.41, 5.74) is 1.37. The summed E-state index contributed by atoms with van der Waals surface area (Å²) in [6.07, 6.45) is 0. The molecule has 2 amide bonds. The minimum atomic E-state index is -0.628. The minimum absolute atomic E-state index is 0.263. The van der Waals surface area contributed by atoms with Crippen LogP contribution >= 0.6 is 55.1 Å². The Hall–Kier alpha value is -0.360. The van der Waals surface area contributed by atoms with Gasteiger partial charge in [-0.25, -0.2) is 4.90 Å². The highest BCUT2D eigenvalue weighted by Crippen LogP contribution is 2.40. The number of hydrogen-bond donors (Lipinski definition) is 0. The molecule has 0 N–H and O–H groups in total. The van der Waals surface area contributed by atoms with Gasteiger partial charge < -0.3 is 0 Å². The monoisotopic (exact) mass is 411 g/mol. The topological polar surface area (TPSA) is 37.4 Å². The smallest absolute Gasteiger partial charge is 0.267 e. The van der Waals surface area contributed by atoms with E-state index < -0.39 is 11.8 Å². The Labute approximate surface area is 130 Å². The first kappa shape index (κ1) is 14.1. The van der Waals surface area contributed by atoms with Crippen LogP contribution < -0.4 is 4.90 Å². The van der Waals surface area contributed by atoms with Crippen LogP contribution in [0.1, 0.15) is 5.56 Å². The first-order chi connectivity index (χ1) is 8.34. The average Bonchev–Trinajstić information content (AvgIpc) is 2.45. The Morgan fingerprint density at radius 1 is 1.00 bits per heavy atom. The Morgan fingerprint density at radius 2 is 1.39 bits per heavy atom. The summed E-state index contributed by atoms with van der Waals surface area (Å²) in [4.78, 5) is 24.8. The predicted octanol–water partition coefficient (Wildman–Crippen LogP) is 4.08. The molecule has 0 aromatic heterocycles. The third-order valence-electron chi connectivity index (χ3n) is 2.36. The Bertz CT molecular complexity index is 566. The van der Waals surface area contributed by atoms with Crippen molar-refractivity contribution in [2.45, 2.75) is 6.92 Å². The standard InChI is InChI=1S/C11H5Br2Cl2NO2/c1-4-2-5(12)9(6(13)3-4)16-10(17)7(14)8(15)11(16)18/h2-3H,1H3. The lowest BCUT2D eigenvalue weighted by molar-refractivity contribution is -0.120. The number of amides is 2. The van der Waals surface area contributed by atoms with Crippen LogP contribution in [0, 0.1) is 6.92 Å². The van der Waals surface area contributed by atoms with Crippen LogP contribution in [-0.2, 0) is 9.59 Å². The van der Waals surface area contributed by atoms with Crippen LogP contribution in [-0.4, -0.2) is 11.8 Å². The van der Waals surface area contributed by atoms with E-state index in [4.69, 9.17) is 23.2 Å². The normalized spacial score (nSPS) is 15.9. The molecule has 0 radical (unpaired) electrons. The molecule has 0 bridgehead atoms. The summed E-state index contributed by atoms with van der Waals surface area (Å²) in [7, 11) is 0. The third-order valence-corrected chi connectivity index (χ3v) is 4.37. The molecule has 7 heteroatoms. The number of imide groups is 1. The van der Waals surface area contributed by atoms with E-state index in [1.165, 1.54) is 0 Å². The van der Waals surface area contributed by atoms with Gasteiger partial charge in [-0.2, -0.15) is 0 Å². The molecule has 1 aliphatic heterocycles. The van der Waals surface area contributed by atoms with Crippen LogP contribution in [0.25, 0.3) is 0 Å². The number of carbonyl (C=O) groups is 2. The second-order valence-electron chi connectivity index (χ2n) is 3.65. The van der Waals surface area contributed by atoms with E-state index >= 15 is 0 Å². The van der Waals surface area contributed by atoms with Gasteiger partial charge in [-0.1, -0.05) is 23.2 Å². The maximum absolute atomic E-state index is 11.9. The molecule has 1 aromatic carbocycles. The Morgan fingerprint density at radius 3 is 1.78 bits per heavy atom. The van der Waals surface area contributed by atoms with E-state index in [1.54, 1.807) is 12.1 Å². The van der Waals surface area contributed by atoms with Crippen molar-refractivity contribution in [3.8, 4) is 0 Å². The molecule has 18 heavy (non-hydrogen) atoms. The molecule has 0 saturated carbocycles. The maximum atomic E-state index is 11.9. The molecule has 1 aliphatic rings. The summed E-state index contributed by atoms with van der Waals surface area (Å²) in [6.45, 7) is 1.89. The lowest BCUT2D eigenvalue weighted by Crippen LogP contribution is -2.31. The van der Waals surface area contributed by atoms with Crippen molar-refractivity contribution in [2.24, 2.45) is 0 Å². The SMILES string of the molecule is Cc1cc(Br)c(N2C(=O)C(Cl)=C(Cl)C2=O)c(Br)c1. The van der Waals surface area contributed by atoms with Crippen molar-refractivity contribution in [3.05, 3.63) is 36.7 Å². The maximum Gasteiger partial charge on any atom is 0.278 e. The van der Waals surface area contributed by atoms with Crippen LogP contribution in [0.2, 0.25) is 0 Å². The second kappa shape index (κ2) is 4.96. The predicted molar refractivity (Wildman–Crippen MR) is 77.8 cm³/mol. The van der Waals surface area contributed by atoms with Gasteiger partial charge in [0, 0.05) is 8.95 Å². The number of aryl methyl sites for hydroxylation is 1. The zero-order valence-corrected chi connectivity index (χ0v) is 13.6. The van der Waals surface area contributed by atoms with E-state index in [9.17, 15) is 9.59 Å². The molecule has 1 heterocycles. The van der Waals surface area contributed by atoms with E-state index in [2.05, 4.69) is 31.9 Å². The van der Waals surface area contributed by atoms with E-state index in [-0.39, 0.29) is 10.1 Å². The molecule has 0 unspecified atom stereocenters. The summed E-state index contributed by atoms with van der Waals surface area (Å²) in [6, 6.07) is 3.58. The molecule has 0 atom stereocenters. The summed E-state index contributed by atoms with van der Waals surface area (Å²) in [5, 5.41) is -0.526. The first-order valence-electron chi connectivity index (χ1n) is 4.74. The molecule has 94 valence electrons. The average molecular weight is 414 g/mol. The van der Waals surface area contributed by atoms with Gasteiger partial charge in [-0.3, -0.25) is 9.59 Å². The van der Waals surface area contributed by atoms with E-state index in [0.29, 0.717) is 14.6 Å². The van der Waals surface area contributed by atoms with Crippen molar-refractivity contribution in [1.82, 2.24) is 0 Å². The number of carbonyl (C=O) groups excluding carboxylic acids is 2. The number of rotatable bonds is 1. The molecule has 0 fully saturated rings. The number of benzene rings is 1. The zero-order chi connectivity index (χ0) is 13.6. The number of anilines is 1.